The van der Waals surface area contributed by atoms with E-state index in [-0.39, 0.29) is 12.6 Å². The Morgan fingerprint density at radius 1 is 1.64 bits per heavy atom. The van der Waals surface area contributed by atoms with Crippen LogP contribution >= 0.6 is 11.6 Å². The lowest BCUT2D eigenvalue weighted by atomic mass is 10.1. The van der Waals surface area contributed by atoms with Crippen molar-refractivity contribution >= 4 is 11.6 Å². The van der Waals surface area contributed by atoms with Crippen LogP contribution in [0, 0.1) is 11.3 Å². The Hall–Kier alpha value is -1.08. The van der Waals surface area contributed by atoms with E-state index < -0.39 is 0 Å². The van der Waals surface area contributed by atoms with E-state index in [2.05, 4.69) is 5.32 Å². The fourth-order valence-corrected chi connectivity index (χ4v) is 1.47. The quantitative estimate of drug-likeness (QED) is 0.795. The lowest BCUT2D eigenvalue weighted by molar-refractivity contribution is 0.251. The molecule has 0 fully saturated rings. The highest BCUT2D eigenvalue weighted by molar-refractivity contribution is 6.31. The summed E-state index contributed by atoms with van der Waals surface area (Å²) in [7, 11) is 1.73. The topological polar surface area (TPSA) is 56.0 Å². The van der Waals surface area contributed by atoms with Crippen molar-refractivity contribution in [2.24, 2.45) is 0 Å². The molecule has 0 radical (unpaired) electrons. The van der Waals surface area contributed by atoms with Crippen molar-refractivity contribution in [1.82, 2.24) is 5.32 Å². The van der Waals surface area contributed by atoms with E-state index in [0.29, 0.717) is 10.6 Å². The van der Waals surface area contributed by atoms with Gasteiger partial charge in [-0.2, -0.15) is 5.26 Å². The summed E-state index contributed by atoms with van der Waals surface area (Å²) in [6.07, 6.45) is 0. The minimum atomic E-state index is -0.226. The first-order valence-electron chi connectivity index (χ1n) is 4.20. The van der Waals surface area contributed by atoms with Crippen LogP contribution in [0.1, 0.15) is 17.2 Å². The second-order valence-corrected chi connectivity index (χ2v) is 3.28. The van der Waals surface area contributed by atoms with Gasteiger partial charge in [-0.1, -0.05) is 11.6 Å². The Balaban J connectivity index is 3.12. The molecule has 3 nitrogen and oxygen atoms in total. The van der Waals surface area contributed by atoms with Crippen LogP contribution in [0.15, 0.2) is 18.2 Å². The van der Waals surface area contributed by atoms with E-state index in [1.165, 1.54) is 0 Å². The molecule has 4 heteroatoms. The first-order valence-corrected chi connectivity index (χ1v) is 4.58. The van der Waals surface area contributed by atoms with Crippen LogP contribution in [0.4, 0.5) is 0 Å². The Bertz CT molecular complexity index is 356. The highest BCUT2D eigenvalue weighted by atomic mass is 35.5. The largest absolute Gasteiger partial charge is 0.394 e. The second-order valence-electron chi connectivity index (χ2n) is 2.87. The van der Waals surface area contributed by atoms with Gasteiger partial charge in [0.2, 0.25) is 0 Å². The van der Waals surface area contributed by atoms with Crippen molar-refractivity contribution in [3.8, 4) is 6.07 Å². The smallest absolute Gasteiger partial charge is 0.0991 e. The molecule has 0 unspecified atom stereocenters. The zero-order valence-electron chi connectivity index (χ0n) is 7.79. The van der Waals surface area contributed by atoms with Crippen molar-refractivity contribution in [3.05, 3.63) is 34.3 Å². The first kappa shape index (κ1) is 11.0. The van der Waals surface area contributed by atoms with Gasteiger partial charge < -0.3 is 10.4 Å². The molecule has 0 amide bonds. The summed E-state index contributed by atoms with van der Waals surface area (Å²) < 4.78 is 0. The second kappa shape index (κ2) is 4.97. The number of nitrogens with zero attached hydrogens (tertiary/aromatic N) is 1. The van der Waals surface area contributed by atoms with Crippen molar-refractivity contribution in [2.75, 3.05) is 13.7 Å². The number of aliphatic hydroxyl groups is 1. The fourth-order valence-electron chi connectivity index (χ4n) is 1.23. The normalized spacial score (nSPS) is 12.1. The van der Waals surface area contributed by atoms with Gasteiger partial charge in [-0.05, 0) is 30.8 Å². The average molecular weight is 211 g/mol. The number of likely N-dealkylation sites (N-methyl/N-ethyl adjacent to an activating group) is 1. The first-order chi connectivity index (χ1) is 6.72. The molecule has 0 aliphatic rings. The third-order valence-electron chi connectivity index (χ3n) is 2.03. The zero-order chi connectivity index (χ0) is 10.6. The number of hydrogen-bond donors (Lipinski definition) is 2. The summed E-state index contributed by atoms with van der Waals surface area (Å²) in [5.74, 6) is 0. The molecular weight excluding hydrogens is 200 g/mol. The van der Waals surface area contributed by atoms with Gasteiger partial charge in [0.05, 0.1) is 24.3 Å². The van der Waals surface area contributed by atoms with Gasteiger partial charge in [0.25, 0.3) is 0 Å². The molecular formula is C10H11ClN2O. The van der Waals surface area contributed by atoms with Gasteiger partial charge in [0, 0.05) is 5.02 Å². The molecule has 1 rings (SSSR count). The maximum Gasteiger partial charge on any atom is 0.0991 e. The minimum absolute atomic E-state index is 0.0505. The standard InChI is InChI=1S/C10H11ClN2O/c1-13-10(6-14)8-4-7(5-12)2-3-9(8)11/h2-4,10,13-14H,6H2,1H3/t10-/m0/s1. The molecule has 0 saturated carbocycles. The van der Waals surface area contributed by atoms with Crippen molar-refractivity contribution in [2.45, 2.75) is 6.04 Å². The molecule has 0 spiro atoms. The molecule has 1 atom stereocenters. The maximum atomic E-state index is 9.06. The average Bonchev–Trinajstić information content (AvgIpc) is 2.22. The summed E-state index contributed by atoms with van der Waals surface area (Å²) in [5, 5.41) is 21.2. The Morgan fingerprint density at radius 2 is 2.36 bits per heavy atom. The van der Waals surface area contributed by atoms with Gasteiger partial charge in [-0.15, -0.1) is 0 Å². The van der Waals surface area contributed by atoms with E-state index in [0.717, 1.165) is 5.56 Å². The van der Waals surface area contributed by atoms with Gasteiger partial charge in [0.1, 0.15) is 0 Å². The molecule has 0 bridgehead atoms. The van der Waals surface area contributed by atoms with Crippen LogP contribution in [0.3, 0.4) is 0 Å². The van der Waals surface area contributed by atoms with E-state index in [1.54, 1.807) is 25.2 Å². The highest BCUT2D eigenvalue weighted by Gasteiger charge is 2.11. The molecule has 14 heavy (non-hydrogen) atoms. The Morgan fingerprint density at radius 3 is 2.86 bits per heavy atom. The number of aliphatic hydroxyl groups excluding tert-OH is 1. The van der Waals surface area contributed by atoms with Crippen molar-refractivity contribution < 1.29 is 5.11 Å². The van der Waals surface area contributed by atoms with Crippen LogP contribution in [0.25, 0.3) is 0 Å². The highest BCUT2D eigenvalue weighted by Crippen LogP contribution is 2.23. The SMILES string of the molecule is CN[C@@H](CO)c1cc(C#N)ccc1Cl. The summed E-state index contributed by atoms with van der Waals surface area (Å²) in [5.41, 5.74) is 1.29. The molecule has 2 N–H and O–H groups in total. The van der Waals surface area contributed by atoms with Gasteiger partial charge in [-0.3, -0.25) is 0 Å². The minimum Gasteiger partial charge on any atom is -0.394 e. The van der Waals surface area contributed by atoms with Gasteiger partial charge >= 0.3 is 0 Å². The summed E-state index contributed by atoms with van der Waals surface area (Å²) in [6.45, 7) is -0.0505. The van der Waals surface area contributed by atoms with Gasteiger partial charge in [0.15, 0.2) is 0 Å². The number of halogens is 1. The predicted octanol–water partition coefficient (Wildman–Crippen LogP) is 1.46. The van der Waals surface area contributed by atoms with Gasteiger partial charge in [-0.25, -0.2) is 0 Å². The molecule has 1 aromatic rings. The number of nitrogens with one attached hydrogen (secondary N) is 1. The van der Waals surface area contributed by atoms with Crippen LogP contribution in [0.2, 0.25) is 5.02 Å². The third-order valence-corrected chi connectivity index (χ3v) is 2.38. The van der Waals surface area contributed by atoms with E-state index in [4.69, 9.17) is 22.0 Å². The summed E-state index contributed by atoms with van der Waals surface area (Å²) in [6, 6.07) is 6.79. The van der Waals surface area contributed by atoms with Crippen molar-refractivity contribution in [3.63, 3.8) is 0 Å². The molecule has 0 aliphatic carbocycles. The summed E-state index contributed by atoms with van der Waals surface area (Å²) >= 11 is 5.94. The van der Waals surface area contributed by atoms with Crippen LogP contribution in [-0.4, -0.2) is 18.8 Å². The lowest BCUT2D eigenvalue weighted by Crippen LogP contribution is -2.20. The zero-order valence-corrected chi connectivity index (χ0v) is 8.54. The van der Waals surface area contributed by atoms with Crippen molar-refractivity contribution in [1.29, 1.82) is 5.26 Å². The van der Waals surface area contributed by atoms with Crippen LogP contribution in [-0.2, 0) is 0 Å². The molecule has 0 aliphatic heterocycles. The molecule has 0 heterocycles. The van der Waals surface area contributed by atoms with E-state index >= 15 is 0 Å². The Kier molecular flexibility index (Phi) is 3.90. The number of benzene rings is 1. The summed E-state index contributed by atoms with van der Waals surface area (Å²) in [4.78, 5) is 0. The molecule has 0 saturated heterocycles. The van der Waals surface area contributed by atoms with Crippen LogP contribution < -0.4 is 5.32 Å². The lowest BCUT2D eigenvalue weighted by Gasteiger charge is -2.15. The molecule has 0 aromatic heterocycles. The maximum absolute atomic E-state index is 9.06. The molecule has 74 valence electrons. The third kappa shape index (κ3) is 2.24. The van der Waals surface area contributed by atoms with E-state index in [1.807, 2.05) is 6.07 Å². The Labute approximate surface area is 87.9 Å². The van der Waals surface area contributed by atoms with Crippen LogP contribution in [0.5, 0.6) is 0 Å². The number of hydrogen-bond acceptors (Lipinski definition) is 3. The number of rotatable bonds is 3. The monoisotopic (exact) mass is 210 g/mol. The predicted molar refractivity (Wildman–Crippen MR) is 55.1 cm³/mol. The molecule has 1 aromatic carbocycles. The number of nitriles is 1. The fraction of sp³-hybridized carbons (Fsp3) is 0.300. The van der Waals surface area contributed by atoms with E-state index in [9.17, 15) is 0 Å².